The van der Waals surface area contributed by atoms with Gasteiger partial charge in [-0.25, -0.2) is 4.98 Å². The number of halogens is 2. The van der Waals surface area contributed by atoms with Crippen LogP contribution in [0.25, 0.3) is 11.4 Å². The van der Waals surface area contributed by atoms with Gasteiger partial charge in [-0.2, -0.15) is 4.98 Å². The fraction of sp³-hybridized carbons (Fsp3) is 0.211. The van der Waals surface area contributed by atoms with Gasteiger partial charge in [0.25, 0.3) is 0 Å². The quantitative estimate of drug-likeness (QED) is 0.559. The van der Waals surface area contributed by atoms with Gasteiger partial charge in [-0.05, 0) is 43.7 Å². The fourth-order valence-corrected chi connectivity index (χ4v) is 2.84. The van der Waals surface area contributed by atoms with Gasteiger partial charge in [-0.15, -0.1) is 0 Å². The molecule has 5 nitrogen and oxygen atoms in total. The zero-order chi connectivity index (χ0) is 18.5. The number of anilines is 3. The lowest BCUT2D eigenvalue weighted by molar-refractivity contribution is 0.753. The van der Waals surface area contributed by atoms with Crippen LogP contribution >= 0.6 is 23.2 Å². The van der Waals surface area contributed by atoms with E-state index in [1.54, 1.807) is 24.4 Å². The van der Waals surface area contributed by atoms with Gasteiger partial charge < -0.3 is 10.6 Å². The third-order valence-corrected chi connectivity index (χ3v) is 4.21. The van der Waals surface area contributed by atoms with E-state index in [-0.39, 0.29) is 6.04 Å². The zero-order valence-electron chi connectivity index (χ0n) is 14.5. The molecule has 0 radical (unpaired) electrons. The van der Waals surface area contributed by atoms with Gasteiger partial charge in [0.2, 0.25) is 5.95 Å². The standard InChI is InChI=1S/C19H19Cl2N5/c1-3-12(2)23-19-25-17(16-6-4-5-7-22-16)11-18(26-19)24-15-9-13(20)8-14(21)10-15/h4-12H,3H2,1-2H3,(H2,23,24,25,26)/t12-/m1/s1. The number of hydrogen-bond donors (Lipinski definition) is 2. The highest BCUT2D eigenvalue weighted by Gasteiger charge is 2.10. The normalized spacial score (nSPS) is 11.8. The van der Waals surface area contributed by atoms with Gasteiger partial charge in [0.15, 0.2) is 0 Å². The molecule has 0 amide bonds. The number of hydrogen-bond acceptors (Lipinski definition) is 5. The molecule has 1 aromatic carbocycles. The van der Waals surface area contributed by atoms with E-state index in [1.165, 1.54) is 0 Å². The van der Waals surface area contributed by atoms with E-state index in [1.807, 2.05) is 24.3 Å². The third-order valence-electron chi connectivity index (χ3n) is 3.78. The van der Waals surface area contributed by atoms with Crippen LogP contribution in [0.5, 0.6) is 0 Å². The molecule has 0 spiro atoms. The van der Waals surface area contributed by atoms with Gasteiger partial charge in [0.1, 0.15) is 5.82 Å². The number of nitrogens with one attached hydrogen (secondary N) is 2. The van der Waals surface area contributed by atoms with Crippen molar-refractivity contribution in [2.45, 2.75) is 26.3 Å². The minimum absolute atomic E-state index is 0.252. The van der Waals surface area contributed by atoms with E-state index in [0.717, 1.165) is 23.5 Å². The lowest BCUT2D eigenvalue weighted by atomic mass is 10.2. The molecule has 1 atom stereocenters. The molecule has 134 valence electrons. The maximum Gasteiger partial charge on any atom is 0.225 e. The number of rotatable bonds is 6. The van der Waals surface area contributed by atoms with Crippen LogP contribution in [-0.4, -0.2) is 21.0 Å². The van der Waals surface area contributed by atoms with Crippen molar-refractivity contribution in [2.24, 2.45) is 0 Å². The third kappa shape index (κ3) is 4.84. The maximum absolute atomic E-state index is 6.08. The lowest BCUT2D eigenvalue weighted by Crippen LogP contribution is -2.16. The Balaban J connectivity index is 1.98. The van der Waals surface area contributed by atoms with Crippen LogP contribution < -0.4 is 10.6 Å². The molecule has 3 rings (SSSR count). The Hall–Kier alpha value is -2.37. The highest BCUT2D eigenvalue weighted by atomic mass is 35.5. The van der Waals surface area contributed by atoms with Crippen molar-refractivity contribution in [2.75, 3.05) is 10.6 Å². The van der Waals surface area contributed by atoms with Crippen LogP contribution in [0.2, 0.25) is 10.0 Å². The molecule has 0 aliphatic rings. The van der Waals surface area contributed by atoms with Crippen molar-refractivity contribution in [1.29, 1.82) is 0 Å². The smallest absolute Gasteiger partial charge is 0.225 e. The van der Waals surface area contributed by atoms with Crippen molar-refractivity contribution in [3.63, 3.8) is 0 Å². The summed E-state index contributed by atoms with van der Waals surface area (Å²) in [5.41, 5.74) is 2.25. The Bertz CT molecular complexity index is 866. The van der Waals surface area contributed by atoms with Gasteiger partial charge in [-0.3, -0.25) is 4.98 Å². The summed E-state index contributed by atoms with van der Waals surface area (Å²) in [7, 11) is 0. The summed E-state index contributed by atoms with van der Waals surface area (Å²) in [5.74, 6) is 1.17. The molecule has 0 unspecified atom stereocenters. The van der Waals surface area contributed by atoms with Gasteiger partial charge in [-0.1, -0.05) is 36.2 Å². The van der Waals surface area contributed by atoms with Crippen LogP contribution in [0.4, 0.5) is 17.5 Å². The molecule has 3 aromatic rings. The molecule has 2 N–H and O–H groups in total. The Labute approximate surface area is 162 Å². The molecular formula is C19H19Cl2N5. The fourth-order valence-electron chi connectivity index (χ4n) is 2.32. The van der Waals surface area contributed by atoms with E-state index >= 15 is 0 Å². The Morgan fingerprint density at radius 1 is 1.00 bits per heavy atom. The highest BCUT2D eigenvalue weighted by Crippen LogP contribution is 2.27. The van der Waals surface area contributed by atoms with Crippen LogP contribution in [0.15, 0.2) is 48.7 Å². The first kappa shape index (κ1) is 18.4. The molecule has 2 heterocycles. The van der Waals surface area contributed by atoms with Crippen LogP contribution in [0.1, 0.15) is 20.3 Å². The van der Waals surface area contributed by atoms with E-state index in [2.05, 4.69) is 39.4 Å². The minimum Gasteiger partial charge on any atom is -0.352 e. The first-order valence-corrected chi connectivity index (χ1v) is 9.09. The van der Waals surface area contributed by atoms with E-state index in [4.69, 9.17) is 23.2 Å². The summed E-state index contributed by atoms with van der Waals surface area (Å²) < 4.78 is 0. The second kappa shape index (κ2) is 8.34. The van der Waals surface area contributed by atoms with Crippen molar-refractivity contribution in [3.05, 3.63) is 58.7 Å². The monoisotopic (exact) mass is 387 g/mol. The molecular weight excluding hydrogens is 369 g/mol. The van der Waals surface area contributed by atoms with Crippen molar-refractivity contribution < 1.29 is 0 Å². The summed E-state index contributed by atoms with van der Waals surface area (Å²) in [6, 6.07) is 13.1. The average Bonchev–Trinajstić information content (AvgIpc) is 2.61. The van der Waals surface area contributed by atoms with Crippen LogP contribution in [0.3, 0.4) is 0 Å². The van der Waals surface area contributed by atoms with E-state index in [9.17, 15) is 0 Å². The first-order chi connectivity index (χ1) is 12.5. The van der Waals surface area contributed by atoms with Crippen molar-refractivity contribution in [1.82, 2.24) is 15.0 Å². The van der Waals surface area contributed by atoms with E-state index < -0.39 is 0 Å². The molecule has 0 saturated heterocycles. The molecule has 2 aromatic heterocycles. The number of pyridine rings is 1. The predicted molar refractivity (Wildman–Crippen MR) is 108 cm³/mol. The Morgan fingerprint density at radius 2 is 1.77 bits per heavy atom. The molecule has 0 fully saturated rings. The van der Waals surface area contributed by atoms with Crippen LogP contribution in [-0.2, 0) is 0 Å². The Kier molecular flexibility index (Phi) is 5.91. The molecule has 26 heavy (non-hydrogen) atoms. The summed E-state index contributed by atoms with van der Waals surface area (Å²) in [4.78, 5) is 13.5. The maximum atomic E-state index is 6.08. The second-order valence-electron chi connectivity index (χ2n) is 5.91. The summed E-state index contributed by atoms with van der Waals surface area (Å²) in [6.45, 7) is 4.19. The lowest BCUT2D eigenvalue weighted by Gasteiger charge is -2.14. The number of nitrogens with zero attached hydrogens (tertiary/aromatic N) is 3. The van der Waals surface area contributed by atoms with Crippen molar-refractivity contribution >= 4 is 40.7 Å². The number of benzene rings is 1. The largest absolute Gasteiger partial charge is 0.352 e. The van der Waals surface area contributed by atoms with Crippen LogP contribution in [0, 0.1) is 0 Å². The predicted octanol–water partition coefficient (Wildman–Crippen LogP) is 5.80. The molecule has 0 saturated carbocycles. The van der Waals surface area contributed by atoms with Gasteiger partial charge in [0, 0.05) is 34.0 Å². The molecule has 0 aliphatic heterocycles. The first-order valence-electron chi connectivity index (χ1n) is 8.33. The number of aromatic nitrogens is 3. The minimum atomic E-state index is 0.252. The van der Waals surface area contributed by atoms with E-state index in [0.29, 0.717) is 21.8 Å². The van der Waals surface area contributed by atoms with Gasteiger partial charge >= 0.3 is 0 Å². The summed E-state index contributed by atoms with van der Waals surface area (Å²) in [6.07, 6.45) is 2.70. The summed E-state index contributed by atoms with van der Waals surface area (Å²) >= 11 is 12.2. The van der Waals surface area contributed by atoms with Gasteiger partial charge in [0.05, 0.1) is 11.4 Å². The highest BCUT2D eigenvalue weighted by molar-refractivity contribution is 6.35. The zero-order valence-corrected chi connectivity index (χ0v) is 16.0. The molecule has 0 bridgehead atoms. The molecule has 7 heteroatoms. The van der Waals surface area contributed by atoms with Crippen molar-refractivity contribution in [3.8, 4) is 11.4 Å². The Morgan fingerprint density at radius 3 is 2.42 bits per heavy atom. The average molecular weight is 388 g/mol. The SMILES string of the molecule is CC[C@@H](C)Nc1nc(Nc2cc(Cl)cc(Cl)c2)cc(-c2ccccn2)n1. The molecule has 0 aliphatic carbocycles. The second-order valence-corrected chi connectivity index (χ2v) is 6.79. The summed E-state index contributed by atoms with van der Waals surface area (Å²) in [5, 5.41) is 7.65. The topological polar surface area (TPSA) is 62.7 Å².